The second-order valence-electron chi connectivity index (χ2n) is 1.58. The monoisotopic (exact) mass is 190 g/mol. The molecule has 3 nitrogen and oxygen atoms in total. The van der Waals surface area contributed by atoms with E-state index in [0.29, 0.717) is 6.26 Å². The average molecular weight is 190 g/mol. The molecule has 0 saturated carbocycles. The van der Waals surface area contributed by atoms with Crippen molar-refractivity contribution in [3.8, 4) is 0 Å². The average Bonchev–Trinajstić information content (AvgIpc) is 1.55. The molecule has 0 aliphatic rings. The topological polar surface area (TPSA) is 43.4 Å². The van der Waals surface area contributed by atoms with E-state index in [-0.39, 0.29) is 0 Å². The van der Waals surface area contributed by atoms with Crippen LogP contribution < -0.4 is 0 Å². The summed E-state index contributed by atoms with van der Waals surface area (Å²) >= 11 is 0. The van der Waals surface area contributed by atoms with Crippen molar-refractivity contribution < 1.29 is 25.8 Å². The fraction of sp³-hybridized carbons (Fsp3) is 0.500. The molecule has 0 aromatic rings. The summed E-state index contributed by atoms with van der Waals surface area (Å²) in [7, 11) is -4.53. The Morgan fingerprint density at radius 3 is 2.18 bits per heavy atom. The van der Waals surface area contributed by atoms with Crippen LogP contribution in [0.2, 0.25) is 0 Å². The maximum absolute atomic E-state index is 11.4. The summed E-state index contributed by atoms with van der Waals surface area (Å²) in [6, 6.07) is 0. The third kappa shape index (κ3) is 5.71. The zero-order chi connectivity index (χ0) is 9.12. The number of halogens is 3. The van der Waals surface area contributed by atoms with Crippen molar-refractivity contribution in [3.05, 3.63) is 12.8 Å². The highest BCUT2D eigenvalue weighted by Gasteiger charge is 2.35. The van der Waals surface area contributed by atoms with Crippen molar-refractivity contribution in [1.29, 1.82) is 0 Å². The quantitative estimate of drug-likeness (QED) is 0.493. The van der Waals surface area contributed by atoms with Crippen molar-refractivity contribution in [1.82, 2.24) is 0 Å². The lowest BCUT2D eigenvalue weighted by Crippen LogP contribution is -2.23. The van der Waals surface area contributed by atoms with Crippen LogP contribution in [-0.4, -0.2) is 20.3 Å². The molecule has 0 radical (unpaired) electrons. The minimum atomic E-state index is -4.78. The van der Waals surface area contributed by atoms with E-state index in [1.165, 1.54) is 0 Å². The normalized spacial score (nSPS) is 12.6. The van der Waals surface area contributed by atoms with Crippen LogP contribution >= 0.6 is 0 Å². The van der Waals surface area contributed by atoms with Gasteiger partial charge >= 0.3 is 16.3 Å². The fourth-order valence-electron chi connectivity index (χ4n) is 0.338. The Bertz CT molecular complexity index is 227. The van der Waals surface area contributed by atoms with Crippen molar-refractivity contribution in [3.63, 3.8) is 0 Å². The molecule has 0 spiro atoms. The number of alkyl halides is 3. The predicted molar refractivity (Wildman–Crippen MR) is 31.1 cm³/mol. The highest BCUT2D eigenvalue weighted by Crippen LogP contribution is 2.17. The van der Waals surface area contributed by atoms with Gasteiger partial charge in [-0.2, -0.15) is 21.6 Å². The summed E-state index contributed by atoms with van der Waals surface area (Å²) in [5.41, 5.74) is 0. The first-order valence-corrected chi connectivity index (χ1v) is 3.93. The van der Waals surface area contributed by atoms with E-state index in [2.05, 4.69) is 10.8 Å². The molecule has 0 rings (SSSR count). The van der Waals surface area contributed by atoms with Crippen LogP contribution in [0.1, 0.15) is 0 Å². The van der Waals surface area contributed by atoms with Gasteiger partial charge in [-0.1, -0.05) is 6.58 Å². The van der Waals surface area contributed by atoms with Crippen LogP contribution in [0, 0.1) is 0 Å². The van der Waals surface area contributed by atoms with Gasteiger partial charge in [0.1, 0.15) is 0 Å². The predicted octanol–water partition coefficient (Wildman–Crippen LogP) is 1.04. The third-order valence-electron chi connectivity index (χ3n) is 0.555. The lowest BCUT2D eigenvalue weighted by Gasteiger charge is -2.05. The van der Waals surface area contributed by atoms with Gasteiger partial charge in [0, 0.05) is 0 Å². The maximum atomic E-state index is 11.4. The van der Waals surface area contributed by atoms with Gasteiger partial charge in [0.25, 0.3) is 0 Å². The minimum absolute atomic E-state index is 0.432. The molecule has 0 fully saturated rings. The van der Waals surface area contributed by atoms with Gasteiger partial charge in [-0.15, -0.1) is 0 Å². The van der Waals surface area contributed by atoms with Crippen molar-refractivity contribution >= 4 is 10.1 Å². The molecule has 0 atom stereocenters. The Labute approximate surface area is 61.6 Å². The number of hydrogen-bond donors (Lipinski definition) is 0. The van der Waals surface area contributed by atoms with Gasteiger partial charge in [0.15, 0.2) is 5.75 Å². The van der Waals surface area contributed by atoms with E-state index in [0.717, 1.165) is 0 Å². The molecule has 0 saturated heterocycles. The highest BCUT2D eigenvalue weighted by molar-refractivity contribution is 7.86. The SMILES string of the molecule is C=COS(=O)(=O)CC(F)(F)F. The van der Waals surface area contributed by atoms with Crippen LogP contribution in [0.15, 0.2) is 12.8 Å². The summed E-state index contributed by atoms with van der Waals surface area (Å²) in [5, 5.41) is 0. The lowest BCUT2D eigenvalue weighted by atomic mass is 10.8. The fourth-order valence-corrected chi connectivity index (χ4v) is 1.01. The lowest BCUT2D eigenvalue weighted by molar-refractivity contribution is -0.107. The summed E-state index contributed by atoms with van der Waals surface area (Å²) in [4.78, 5) is 0. The second kappa shape index (κ2) is 3.12. The molecule has 0 bridgehead atoms. The smallest absolute Gasteiger partial charge is 0.391 e. The van der Waals surface area contributed by atoms with E-state index < -0.39 is 22.0 Å². The van der Waals surface area contributed by atoms with E-state index >= 15 is 0 Å². The molecule has 66 valence electrons. The molecular formula is C4H5F3O3S. The third-order valence-corrected chi connectivity index (χ3v) is 1.67. The Kier molecular flexibility index (Phi) is 2.92. The Morgan fingerprint density at radius 1 is 1.45 bits per heavy atom. The van der Waals surface area contributed by atoms with Gasteiger partial charge < -0.3 is 4.18 Å². The summed E-state index contributed by atoms with van der Waals surface area (Å²) < 4.78 is 58.2. The highest BCUT2D eigenvalue weighted by atomic mass is 32.2. The second-order valence-corrected chi connectivity index (χ2v) is 3.18. The first kappa shape index (κ1) is 10.3. The van der Waals surface area contributed by atoms with Gasteiger partial charge in [-0.3, -0.25) is 0 Å². The standard InChI is InChI=1S/C4H5F3O3S/c1-2-10-11(8,9)3-4(5,6)7/h2H,1,3H2. The minimum Gasteiger partial charge on any atom is -0.391 e. The molecule has 11 heavy (non-hydrogen) atoms. The molecule has 0 aliphatic heterocycles. The van der Waals surface area contributed by atoms with E-state index in [9.17, 15) is 21.6 Å². The molecule has 0 amide bonds. The Balaban J connectivity index is 4.26. The Hall–Kier alpha value is -0.720. The van der Waals surface area contributed by atoms with Crippen LogP contribution in [0.3, 0.4) is 0 Å². The first-order valence-electron chi connectivity index (χ1n) is 2.35. The van der Waals surface area contributed by atoms with E-state index in [4.69, 9.17) is 0 Å². The number of rotatable bonds is 3. The zero-order valence-corrected chi connectivity index (χ0v) is 6.07. The summed E-state index contributed by atoms with van der Waals surface area (Å²) in [6.07, 6.45) is -4.34. The van der Waals surface area contributed by atoms with E-state index in [1.54, 1.807) is 0 Å². The van der Waals surface area contributed by atoms with Crippen LogP contribution in [0.25, 0.3) is 0 Å². The molecule has 0 aliphatic carbocycles. The van der Waals surface area contributed by atoms with Crippen LogP contribution in [0.4, 0.5) is 13.2 Å². The van der Waals surface area contributed by atoms with Gasteiger partial charge in [-0.25, -0.2) is 0 Å². The molecule has 0 aromatic carbocycles. The summed E-state index contributed by atoms with van der Waals surface area (Å²) in [5.74, 6) is -1.99. The number of hydrogen-bond acceptors (Lipinski definition) is 3. The van der Waals surface area contributed by atoms with Gasteiger partial charge in [0.05, 0.1) is 6.26 Å². The molecule has 0 heterocycles. The van der Waals surface area contributed by atoms with Gasteiger partial charge in [-0.05, 0) is 0 Å². The Morgan fingerprint density at radius 2 is 1.91 bits per heavy atom. The molecule has 0 aromatic heterocycles. The molecular weight excluding hydrogens is 185 g/mol. The van der Waals surface area contributed by atoms with Crippen molar-refractivity contribution in [2.24, 2.45) is 0 Å². The van der Waals surface area contributed by atoms with Crippen LogP contribution in [0.5, 0.6) is 0 Å². The molecule has 0 unspecified atom stereocenters. The van der Waals surface area contributed by atoms with Gasteiger partial charge in [0.2, 0.25) is 0 Å². The van der Waals surface area contributed by atoms with Crippen molar-refractivity contribution in [2.75, 3.05) is 5.75 Å². The molecule has 0 N–H and O–H groups in total. The van der Waals surface area contributed by atoms with Crippen molar-refractivity contribution in [2.45, 2.75) is 6.18 Å². The largest absolute Gasteiger partial charge is 0.406 e. The summed E-state index contributed by atoms with van der Waals surface area (Å²) in [6.45, 7) is 2.81. The van der Waals surface area contributed by atoms with Crippen LogP contribution in [-0.2, 0) is 14.3 Å². The zero-order valence-electron chi connectivity index (χ0n) is 5.26. The molecule has 7 heteroatoms. The maximum Gasteiger partial charge on any atom is 0.406 e. The van der Waals surface area contributed by atoms with E-state index in [1.807, 2.05) is 0 Å². The first-order chi connectivity index (χ1) is 4.77.